The summed E-state index contributed by atoms with van der Waals surface area (Å²) in [5.74, 6) is -0.731. The zero-order valence-electron chi connectivity index (χ0n) is 17.1. The Balaban J connectivity index is 1.84. The Labute approximate surface area is 175 Å². The van der Waals surface area contributed by atoms with Crippen LogP contribution in [0, 0.1) is 0 Å². The lowest BCUT2D eigenvalue weighted by Gasteiger charge is -2.38. The smallest absolute Gasteiger partial charge is 0.256 e. The second kappa shape index (κ2) is 8.01. The van der Waals surface area contributed by atoms with E-state index < -0.39 is 0 Å². The highest BCUT2D eigenvalue weighted by Crippen LogP contribution is 2.35. The molecule has 2 atom stereocenters. The van der Waals surface area contributed by atoms with Crippen molar-refractivity contribution in [1.29, 1.82) is 0 Å². The van der Waals surface area contributed by atoms with Crippen LogP contribution in [0.25, 0.3) is 0 Å². The highest BCUT2D eigenvalue weighted by molar-refractivity contribution is 6.31. The first-order chi connectivity index (χ1) is 14.4. The molecule has 1 saturated heterocycles. The number of nitrogens with one attached hydrogen (secondary N) is 2. The molecule has 0 saturated carbocycles. The van der Waals surface area contributed by atoms with Gasteiger partial charge in [-0.15, -0.1) is 0 Å². The Hall–Kier alpha value is -3.03. The van der Waals surface area contributed by atoms with Gasteiger partial charge in [0.05, 0.1) is 23.4 Å². The van der Waals surface area contributed by atoms with Crippen molar-refractivity contribution in [2.24, 2.45) is 0 Å². The van der Waals surface area contributed by atoms with Crippen molar-refractivity contribution < 1.29 is 19.5 Å². The molecule has 0 spiro atoms. The van der Waals surface area contributed by atoms with Gasteiger partial charge >= 0.3 is 0 Å². The predicted octanol–water partition coefficient (Wildman–Crippen LogP) is 1.69. The number of piperazine rings is 1. The van der Waals surface area contributed by atoms with Gasteiger partial charge in [-0.05, 0) is 26.0 Å². The number of aliphatic hydroxyl groups is 1. The summed E-state index contributed by atoms with van der Waals surface area (Å²) in [7, 11) is 0. The van der Waals surface area contributed by atoms with Crippen LogP contribution >= 0.6 is 0 Å². The SMILES string of the molecule is C[C@@H]1CN[C@@H](C)CN1C(=O)c1ccc2c(c1NCCO)C(=O)c1ccccc1C2=O. The molecule has 0 bridgehead atoms. The molecule has 0 aromatic heterocycles. The predicted molar refractivity (Wildman–Crippen MR) is 113 cm³/mol. The minimum Gasteiger partial charge on any atom is -0.395 e. The monoisotopic (exact) mass is 407 g/mol. The molecule has 0 radical (unpaired) electrons. The van der Waals surface area contributed by atoms with E-state index in [1.54, 1.807) is 41.3 Å². The second-order valence-electron chi connectivity index (χ2n) is 7.88. The molecular formula is C23H25N3O4. The van der Waals surface area contributed by atoms with Crippen LogP contribution in [0.4, 0.5) is 5.69 Å². The number of benzene rings is 2. The minimum absolute atomic E-state index is 0.00603. The lowest BCUT2D eigenvalue weighted by Crippen LogP contribution is -2.56. The van der Waals surface area contributed by atoms with Crippen LogP contribution in [-0.4, -0.2) is 65.8 Å². The van der Waals surface area contributed by atoms with Gasteiger partial charge in [0.1, 0.15) is 0 Å². The van der Waals surface area contributed by atoms with Gasteiger partial charge in [-0.3, -0.25) is 14.4 Å². The normalized spacial score (nSPS) is 20.6. The van der Waals surface area contributed by atoms with Crippen molar-refractivity contribution in [2.75, 3.05) is 31.6 Å². The van der Waals surface area contributed by atoms with Crippen LogP contribution in [0.5, 0.6) is 0 Å². The van der Waals surface area contributed by atoms with Crippen molar-refractivity contribution in [3.63, 3.8) is 0 Å². The van der Waals surface area contributed by atoms with Crippen LogP contribution in [-0.2, 0) is 0 Å². The topological polar surface area (TPSA) is 98.7 Å². The lowest BCUT2D eigenvalue weighted by atomic mass is 9.82. The molecule has 7 nitrogen and oxygen atoms in total. The van der Waals surface area contributed by atoms with E-state index in [-0.39, 0.29) is 53.8 Å². The highest BCUT2D eigenvalue weighted by Gasteiger charge is 2.35. The Morgan fingerprint density at radius 2 is 1.80 bits per heavy atom. The van der Waals surface area contributed by atoms with Crippen LogP contribution in [0.1, 0.15) is 56.0 Å². The summed E-state index contributed by atoms with van der Waals surface area (Å²) < 4.78 is 0. The maximum absolute atomic E-state index is 13.5. The van der Waals surface area contributed by atoms with Crippen molar-refractivity contribution in [3.8, 4) is 0 Å². The second-order valence-corrected chi connectivity index (χ2v) is 7.88. The number of amides is 1. The fourth-order valence-corrected chi connectivity index (χ4v) is 4.19. The van der Waals surface area contributed by atoms with Gasteiger partial charge in [0.25, 0.3) is 5.91 Å². The van der Waals surface area contributed by atoms with Crippen molar-refractivity contribution in [2.45, 2.75) is 25.9 Å². The number of rotatable bonds is 4. The van der Waals surface area contributed by atoms with Gasteiger partial charge in [-0.1, -0.05) is 24.3 Å². The molecule has 7 heteroatoms. The number of nitrogens with zero attached hydrogens (tertiary/aromatic N) is 1. The average Bonchev–Trinajstić information content (AvgIpc) is 2.76. The van der Waals surface area contributed by atoms with Crippen molar-refractivity contribution in [3.05, 3.63) is 64.2 Å². The molecule has 2 aliphatic rings. The Kier molecular flexibility index (Phi) is 5.40. The molecule has 3 N–H and O–H groups in total. The highest BCUT2D eigenvalue weighted by atomic mass is 16.3. The zero-order chi connectivity index (χ0) is 21.4. The zero-order valence-corrected chi connectivity index (χ0v) is 17.1. The number of anilines is 1. The van der Waals surface area contributed by atoms with Gasteiger partial charge in [-0.2, -0.15) is 0 Å². The van der Waals surface area contributed by atoms with Crippen molar-refractivity contribution in [1.82, 2.24) is 10.2 Å². The molecule has 30 heavy (non-hydrogen) atoms. The maximum Gasteiger partial charge on any atom is 0.256 e. The average molecular weight is 407 g/mol. The van der Waals surface area contributed by atoms with E-state index in [1.807, 2.05) is 13.8 Å². The third-order valence-corrected chi connectivity index (χ3v) is 5.76. The summed E-state index contributed by atoms with van der Waals surface area (Å²) in [5, 5.41) is 15.7. The van der Waals surface area contributed by atoms with Crippen LogP contribution < -0.4 is 10.6 Å². The molecule has 1 aliphatic carbocycles. The molecule has 0 unspecified atom stereocenters. The molecule has 1 aliphatic heterocycles. The number of hydrogen-bond donors (Lipinski definition) is 3. The largest absolute Gasteiger partial charge is 0.395 e. The van der Waals surface area contributed by atoms with Crippen molar-refractivity contribution >= 4 is 23.2 Å². The number of ketones is 2. The fourth-order valence-electron chi connectivity index (χ4n) is 4.19. The lowest BCUT2D eigenvalue weighted by molar-refractivity contribution is 0.0617. The standard InChI is InChI=1S/C23H25N3O4/c1-13-12-26(14(2)11-25-13)23(30)18-8-7-17-19(20(18)24-9-10-27)22(29)16-6-4-3-5-15(16)21(17)28/h3-8,13-14,24-25,27H,9-12H2,1-2H3/t13-,14+/m0/s1. The first-order valence-electron chi connectivity index (χ1n) is 10.2. The van der Waals surface area contributed by atoms with Gasteiger partial charge in [0, 0.05) is 48.4 Å². The molecule has 2 aromatic carbocycles. The Bertz CT molecular complexity index is 1030. The summed E-state index contributed by atoms with van der Waals surface area (Å²) in [4.78, 5) is 41.6. The Morgan fingerprint density at radius 3 is 2.50 bits per heavy atom. The number of hydrogen-bond acceptors (Lipinski definition) is 6. The number of carbonyl (C=O) groups is 3. The summed E-state index contributed by atoms with van der Waals surface area (Å²) >= 11 is 0. The van der Waals surface area contributed by atoms with E-state index in [4.69, 9.17) is 0 Å². The molecule has 156 valence electrons. The van der Waals surface area contributed by atoms with E-state index in [2.05, 4.69) is 10.6 Å². The number of fused-ring (bicyclic) bond motifs is 2. The van der Waals surface area contributed by atoms with E-state index in [9.17, 15) is 19.5 Å². The van der Waals surface area contributed by atoms with Gasteiger partial charge in [0.2, 0.25) is 0 Å². The third-order valence-electron chi connectivity index (χ3n) is 5.76. The van der Waals surface area contributed by atoms with E-state index >= 15 is 0 Å². The van der Waals surface area contributed by atoms with E-state index in [0.29, 0.717) is 35.5 Å². The molecule has 1 heterocycles. The first kappa shape index (κ1) is 20.3. The van der Waals surface area contributed by atoms with Gasteiger partial charge in [-0.25, -0.2) is 0 Å². The fraction of sp³-hybridized carbons (Fsp3) is 0.348. The summed E-state index contributed by atoms with van der Waals surface area (Å²) in [6.07, 6.45) is 0. The quantitative estimate of drug-likeness (QED) is 0.609. The van der Waals surface area contributed by atoms with Crippen LogP contribution in [0.2, 0.25) is 0 Å². The van der Waals surface area contributed by atoms with Crippen LogP contribution in [0.3, 0.4) is 0 Å². The molecule has 2 aromatic rings. The first-order valence-corrected chi connectivity index (χ1v) is 10.2. The third kappa shape index (κ3) is 3.30. The van der Waals surface area contributed by atoms with Crippen LogP contribution in [0.15, 0.2) is 36.4 Å². The van der Waals surface area contributed by atoms with Gasteiger partial charge < -0.3 is 20.6 Å². The summed E-state index contributed by atoms with van der Waals surface area (Å²) in [5.41, 5.74) is 1.83. The molecular weight excluding hydrogens is 382 g/mol. The number of carbonyl (C=O) groups excluding carboxylic acids is 3. The molecule has 1 fully saturated rings. The molecule has 1 amide bonds. The summed E-state index contributed by atoms with van der Waals surface area (Å²) in [6.45, 7) is 5.21. The van der Waals surface area contributed by atoms with E-state index in [0.717, 1.165) is 0 Å². The summed E-state index contributed by atoms with van der Waals surface area (Å²) in [6, 6.07) is 10.0. The Morgan fingerprint density at radius 1 is 1.10 bits per heavy atom. The van der Waals surface area contributed by atoms with E-state index in [1.165, 1.54) is 0 Å². The maximum atomic E-state index is 13.5. The minimum atomic E-state index is -0.294. The molecule has 4 rings (SSSR count). The van der Waals surface area contributed by atoms with Gasteiger partial charge in [0.15, 0.2) is 11.6 Å². The number of aliphatic hydroxyl groups excluding tert-OH is 1.